The lowest BCUT2D eigenvalue weighted by Crippen LogP contribution is -2.41. The van der Waals surface area contributed by atoms with E-state index in [0.29, 0.717) is 6.07 Å². The summed E-state index contributed by atoms with van der Waals surface area (Å²) in [6.07, 6.45) is -14.5. The Labute approximate surface area is 243 Å². The summed E-state index contributed by atoms with van der Waals surface area (Å²) in [5, 5.41) is 2.10. The number of rotatable bonds is 8. The van der Waals surface area contributed by atoms with Crippen molar-refractivity contribution in [2.24, 2.45) is 17.6 Å². The number of alkyl halides is 8. The summed E-state index contributed by atoms with van der Waals surface area (Å²) in [5.74, 6) is -13.5. The number of nitrogens with zero attached hydrogens (tertiary/aromatic N) is 1. The first kappa shape index (κ1) is 33.1. The minimum atomic E-state index is -5.69. The smallest absolute Gasteiger partial charge is 0.366 e. The minimum Gasteiger partial charge on any atom is -0.366 e. The highest BCUT2D eigenvalue weighted by atomic mass is 19.4. The van der Waals surface area contributed by atoms with E-state index in [9.17, 15) is 49.1 Å². The highest BCUT2D eigenvalue weighted by Crippen LogP contribution is 2.46. The first-order valence-corrected chi connectivity index (χ1v) is 13.4. The molecular formula is C28H26F10N4O2. The molecule has 1 aliphatic carbocycles. The molecule has 0 unspecified atom stereocenters. The van der Waals surface area contributed by atoms with Gasteiger partial charge >= 0.3 is 12.4 Å². The van der Waals surface area contributed by atoms with Gasteiger partial charge < -0.3 is 16.0 Å². The van der Waals surface area contributed by atoms with Gasteiger partial charge in [-0.1, -0.05) is 6.07 Å². The van der Waals surface area contributed by atoms with Crippen LogP contribution in [0.25, 0.3) is 11.0 Å². The molecule has 1 heterocycles. The van der Waals surface area contributed by atoms with Gasteiger partial charge in [0, 0.05) is 30.7 Å². The Bertz CT molecular complexity index is 1530. The van der Waals surface area contributed by atoms with Crippen molar-refractivity contribution >= 4 is 22.8 Å². The zero-order valence-corrected chi connectivity index (χ0v) is 22.9. The molecule has 0 aliphatic heterocycles. The van der Waals surface area contributed by atoms with E-state index in [4.69, 9.17) is 5.73 Å². The zero-order chi connectivity index (χ0) is 32.8. The number of primary amides is 1. The molecule has 1 aliphatic rings. The molecule has 4 N–H and O–H groups in total. The van der Waals surface area contributed by atoms with Gasteiger partial charge in [-0.3, -0.25) is 9.59 Å². The number of hydrogen-bond donors (Lipinski definition) is 3. The molecule has 44 heavy (non-hydrogen) atoms. The summed E-state index contributed by atoms with van der Waals surface area (Å²) in [6, 6.07) is 4.57. The Morgan fingerprint density at radius 3 is 2.23 bits per heavy atom. The molecular weight excluding hydrogens is 614 g/mol. The number of aromatic nitrogens is 2. The summed E-state index contributed by atoms with van der Waals surface area (Å²) < 4.78 is 135. The largest absolute Gasteiger partial charge is 0.400 e. The van der Waals surface area contributed by atoms with Gasteiger partial charge in [0.15, 0.2) is 5.92 Å². The summed E-state index contributed by atoms with van der Waals surface area (Å²) in [7, 11) is 0. The number of carbonyl (C=O) groups is 2. The van der Waals surface area contributed by atoms with Gasteiger partial charge in [-0.25, -0.2) is 22.5 Å². The molecule has 1 saturated carbocycles. The molecule has 6 nitrogen and oxygen atoms in total. The van der Waals surface area contributed by atoms with E-state index in [2.05, 4.69) is 15.3 Å². The topological polar surface area (TPSA) is 101 Å². The molecule has 240 valence electrons. The Morgan fingerprint density at radius 1 is 1.05 bits per heavy atom. The molecule has 0 spiro atoms. The van der Waals surface area contributed by atoms with Crippen LogP contribution in [0.1, 0.15) is 78.3 Å². The lowest BCUT2D eigenvalue weighted by atomic mass is 9.75. The van der Waals surface area contributed by atoms with Crippen LogP contribution in [-0.4, -0.2) is 40.1 Å². The number of carbonyl (C=O) groups excluding carboxylic acids is 2. The molecule has 4 rings (SSSR count). The number of nitrogens with one attached hydrogen (secondary N) is 2. The van der Waals surface area contributed by atoms with Gasteiger partial charge in [-0.05, 0) is 55.5 Å². The number of H-pyrrole nitrogens is 1. The predicted molar refractivity (Wildman–Crippen MR) is 136 cm³/mol. The zero-order valence-electron chi connectivity index (χ0n) is 22.9. The number of benzene rings is 2. The van der Waals surface area contributed by atoms with Crippen LogP contribution in [0.5, 0.6) is 0 Å². The average Bonchev–Trinajstić information content (AvgIpc) is 3.31. The number of amides is 2. The Morgan fingerprint density at radius 2 is 1.66 bits per heavy atom. The fourth-order valence-corrected chi connectivity index (χ4v) is 5.49. The van der Waals surface area contributed by atoms with Gasteiger partial charge in [-0.15, -0.1) is 0 Å². The maximum atomic E-state index is 15.5. The van der Waals surface area contributed by atoms with E-state index in [1.54, 1.807) is 0 Å². The van der Waals surface area contributed by atoms with Crippen molar-refractivity contribution in [1.82, 2.24) is 15.3 Å². The number of fused-ring (bicyclic) bond motifs is 1. The second kappa shape index (κ2) is 11.9. The Hall–Kier alpha value is -3.85. The number of imidazole rings is 1. The van der Waals surface area contributed by atoms with Gasteiger partial charge in [0.05, 0.1) is 22.6 Å². The number of halogens is 10. The number of hydrogen-bond acceptors (Lipinski definition) is 3. The third-order valence-electron chi connectivity index (χ3n) is 7.78. The lowest BCUT2D eigenvalue weighted by Gasteiger charge is -2.33. The van der Waals surface area contributed by atoms with E-state index in [1.807, 2.05) is 0 Å². The standard InChI is InChI=1S/C28H26F10N4O2/c1-12(40-21(43)11-20(27(33,34)35)28(36,37)38)14-2-3-18-19(8-14)42-25(41-18)22(13-4-6-26(31,32)7-5-13)16-9-15(29)10-17(23(16)30)24(39)44/h2-3,8-10,12-13,20,22H,4-7,11H2,1H3,(H2,39,44)(H,40,43)(H,41,42)/t12-,22+/m1/s1. The van der Waals surface area contributed by atoms with Crippen molar-refractivity contribution in [3.8, 4) is 0 Å². The van der Waals surface area contributed by atoms with Crippen LogP contribution in [0.2, 0.25) is 0 Å². The van der Waals surface area contributed by atoms with E-state index in [0.717, 1.165) is 6.07 Å². The third kappa shape index (κ3) is 7.26. The van der Waals surface area contributed by atoms with Gasteiger partial charge in [0.25, 0.3) is 5.91 Å². The predicted octanol–water partition coefficient (Wildman–Crippen LogP) is 7.21. The Balaban J connectivity index is 1.67. The third-order valence-corrected chi connectivity index (χ3v) is 7.78. The van der Waals surface area contributed by atoms with E-state index >= 15 is 4.39 Å². The van der Waals surface area contributed by atoms with Crippen LogP contribution in [0.15, 0.2) is 30.3 Å². The van der Waals surface area contributed by atoms with Crippen LogP contribution < -0.4 is 11.1 Å². The van der Waals surface area contributed by atoms with Crippen molar-refractivity contribution < 1.29 is 53.5 Å². The summed E-state index contributed by atoms with van der Waals surface area (Å²) in [6.45, 7) is 1.32. The van der Waals surface area contributed by atoms with Crippen molar-refractivity contribution in [2.45, 2.75) is 69.3 Å². The highest BCUT2D eigenvalue weighted by molar-refractivity contribution is 5.93. The van der Waals surface area contributed by atoms with Crippen LogP contribution in [0.3, 0.4) is 0 Å². The SMILES string of the molecule is C[C@@H](NC(=O)CC(C(F)(F)F)C(F)(F)F)c1ccc2nc([C@H](c3cc(F)cc(C(N)=O)c3F)C3CCC(F)(F)CC3)[nH]c2c1. The molecule has 1 fully saturated rings. The molecule has 2 atom stereocenters. The second-order valence-corrected chi connectivity index (χ2v) is 10.9. The molecule has 0 saturated heterocycles. The molecule has 2 amide bonds. The molecule has 2 aromatic carbocycles. The lowest BCUT2D eigenvalue weighted by molar-refractivity contribution is -0.284. The minimum absolute atomic E-state index is 0.0298. The van der Waals surface area contributed by atoms with E-state index in [1.165, 1.54) is 25.1 Å². The maximum absolute atomic E-state index is 15.5. The maximum Gasteiger partial charge on any atom is 0.400 e. The molecule has 1 aromatic heterocycles. The van der Waals surface area contributed by atoms with E-state index in [-0.39, 0.29) is 40.8 Å². The molecule has 0 radical (unpaired) electrons. The molecule has 0 bridgehead atoms. The van der Waals surface area contributed by atoms with Crippen molar-refractivity contribution in [2.75, 3.05) is 0 Å². The highest BCUT2D eigenvalue weighted by Gasteiger charge is 2.57. The monoisotopic (exact) mass is 640 g/mol. The van der Waals surface area contributed by atoms with Crippen LogP contribution >= 0.6 is 0 Å². The fourth-order valence-electron chi connectivity index (χ4n) is 5.49. The van der Waals surface area contributed by atoms with Gasteiger partial charge in [0.2, 0.25) is 11.8 Å². The summed E-state index contributed by atoms with van der Waals surface area (Å²) in [5.41, 5.74) is 4.86. The van der Waals surface area contributed by atoms with Crippen molar-refractivity contribution in [1.29, 1.82) is 0 Å². The van der Waals surface area contributed by atoms with Crippen molar-refractivity contribution in [3.63, 3.8) is 0 Å². The number of nitrogens with two attached hydrogens (primary N) is 1. The van der Waals surface area contributed by atoms with Gasteiger partial charge in [-0.2, -0.15) is 26.3 Å². The van der Waals surface area contributed by atoms with E-state index < -0.39 is 90.3 Å². The normalized spacial score (nSPS) is 17.5. The van der Waals surface area contributed by atoms with Crippen LogP contribution in [0, 0.1) is 23.5 Å². The van der Waals surface area contributed by atoms with Gasteiger partial charge in [0.1, 0.15) is 17.5 Å². The van der Waals surface area contributed by atoms with Crippen LogP contribution in [-0.2, 0) is 4.79 Å². The number of aromatic amines is 1. The molecule has 16 heteroatoms. The van der Waals surface area contributed by atoms with Crippen molar-refractivity contribution in [3.05, 3.63) is 64.5 Å². The van der Waals surface area contributed by atoms with Crippen LogP contribution in [0.4, 0.5) is 43.9 Å². The second-order valence-electron chi connectivity index (χ2n) is 10.9. The summed E-state index contributed by atoms with van der Waals surface area (Å²) >= 11 is 0. The first-order valence-electron chi connectivity index (χ1n) is 13.4. The quantitative estimate of drug-likeness (QED) is 0.227. The summed E-state index contributed by atoms with van der Waals surface area (Å²) in [4.78, 5) is 31.2. The molecule has 3 aromatic rings. The first-order chi connectivity index (χ1) is 20.3. The fraction of sp³-hybridized carbons (Fsp3) is 0.464. The Kier molecular flexibility index (Phi) is 8.95. The average molecular weight is 641 g/mol.